The van der Waals surface area contributed by atoms with Crippen LogP contribution >= 0.6 is 0 Å². The van der Waals surface area contributed by atoms with Crippen LogP contribution in [0.2, 0.25) is 0 Å². The summed E-state index contributed by atoms with van der Waals surface area (Å²) in [5.41, 5.74) is 4.29. The predicted molar refractivity (Wildman–Crippen MR) is 85.8 cm³/mol. The molecule has 0 saturated heterocycles. The number of aromatic nitrogens is 2. The zero-order valence-electron chi connectivity index (χ0n) is 13.6. The number of aryl methyl sites for hydroxylation is 3. The molecule has 0 aliphatic heterocycles. The topological polar surface area (TPSA) is 56.1 Å². The van der Waals surface area contributed by atoms with Crippen LogP contribution < -0.4 is 10.1 Å². The van der Waals surface area contributed by atoms with Gasteiger partial charge in [-0.25, -0.2) is 0 Å². The van der Waals surface area contributed by atoms with E-state index in [4.69, 9.17) is 4.74 Å². The molecule has 2 aromatic rings. The smallest absolute Gasteiger partial charge is 0.220 e. The molecule has 0 fully saturated rings. The molecular weight excluding hydrogens is 278 g/mol. The average molecular weight is 301 g/mol. The van der Waals surface area contributed by atoms with Gasteiger partial charge in [0.25, 0.3) is 0 Å². The van der Waals surface area contributed by atoms with Crippen LogP contribution in [0.1, 0.15) is 28.9 Å². The largest absolute Gasteiger partial charge is 0.497 e. The van der Waals surface area contributed by atoms with Crippen molar-refractivity contribution in [1.29, 1.82) is 0 Å². The first-order valence-corrected chi connectivity index (χ1v) is 7.40. The summed E-state index contributed by atoms with van der Waals surface area (Å²) in [7, 11) is 3.56. The van der Waals surface area contributed by atoms with Crippen LogP contribution in [0, 0.1) is 13.8 Å². The van der Waals surface area contributed by atoms with Crippen LogP contribution in [0.4, 0.5) is 0 Å². The molecule has 0 aliphatic carbocycles. The molecule has 1 amide bonds. The molecule has 0 unspecified atom stereocenters. The Balaban J connectivity index is 1.82. The predicted octanol–water partition coefficient (Wildman–Crippen LogP) is 2.29. The first kappa shape index (κ1) is 16.1. The highest BCUT2D eigenvalue weighted by atomic mass is 16.5. The highest BCUT2D eigenvalue weighted by Crippen LogP contribution is 2.13. The van der Waals surface area contributed by atoms with Crippen LogP contribution in [-0.2, 0) is 24.8 Å². The molecule has 0 spiro atoms. The molecule has 1 aromatic carbocycles. The molecule has 118 valence electrons. The highest BCUT2D eigenvalue weighted by molar-refractivity contribution is 5.76. The number of ether oxygens (including phenoxy) is 1. The molecule has 0 saturated carbocycles. The Morgan fingerprint density at radius 1 is 1.27 bits per heavy atom. The van der Waals surface area contributed by atoms with E-state index in [0.717, 1.165) is 34.7 Å². The molecule has 0 bridgehead atoms. The molecule has 22 heavy (non-hydrogen) atoms. The van der Waals surface area contributed by atoms with E-state index < -0.39 is 0 Å². The standard InChI is InChI=1S/C17H23N3O2/c1-12-16(13(2)20(3)19-12)11-18-17(21)10-7-14-5-8-15(22-4)9-6-14/h5-6,8-9H,7,10-11H2,1-4H3,(H,18,21). The van der Waals surface area contributed by atoms with Crippen molar-refractivity contribution in [2.75, 3.05) is 7.11 Å². The van der Waals surface area contributed by atoms with Gasteiger partial charge in [-0.15, -0.1) is 0 Å². The van der Waals surface area contributed by atoms with Crippen molar-refractivity contribution in [1.82, 2.24) is 15.1 Å². The second-order valence-electron chi connectivity index (χ2n) is 5.40. The number of rotatable bonds is 6. The normalized spacial score (nSPS) is 10.5. The van der Waals surface area contributed by atoms with Crippen LogP contribution in [-0.4, -0.2) is 22.8 Å². The van der Waals surface area contributed by atoms with E-state index in [2.05, 4.69) is 10.4 Å². The van der Waals surface area contributed by atoms with Gasteiger partial charge >= 0.3 is 0 Å². The van der Waals surface area contributed by atoms with Crippen molar-refractivity contribution in [2.24, 2.45) is 7.05 Å². The fourth-order valence-electron chi connectivity index (χ4n) is 2.40. The second-order valence-corrected chi connectivity index (χ2v) is 5.40. The first-order chi connectivity index (χ1) is 10.5. The lowest BCUT2D eigenvalue weighted by atomic mass is 10.1. The second kappa shape index (κ2) is 7.11. The third-order valence-electron chi connectivity index (χ3n) is 3.92. The maximum Gasteiger partial charge on any atom is 0.220 e. The van der Waals surface area contributed by atoms with E-state index in [0.29, 0.717) is 13.0 Å². The molecule has 1 heterocycles. The van der Waals surface area contributed by atoms with Crippen molar-refractivity contribution >= 4 is 5.91 Å². The van der Waals surface area contributed by atoms with E-state index in [9.17, 15) is 4.79 Å². The maximum atomic E-state index is 12.0. The summed E-state index contributed by atoms with van der Waals surface area (Å²) in [4.78, 5) is 12.0. The lowest BCUT2D eigenvalue weighted by molar-refractivity contribution is -0.121. The van der Waals surface area contributed by atoms with Gasteiger partial charge in [-0.1, -0.05) is 12.1 Å². The molecule has 5 nitrogen and oxygen atoms in total. The van der Waals surface area contributed by atoms with Crippen LogP contribution in [0.15, 0.2) is 24.3 Å². The molecule has 1 aromatic heterocycles. The summed E-state index contributed by atoms with van der Waals surface area (Å²) in [6.07, 6.45) is 1.20. The molecule has 0 aliphatic rings. The van der Waals surface area contributed by atoms with E-state index in [1.165, 1.54) is 0 Å². The van der Waals surface area contributed by atoms with Crippen molar-refractivity contribution < 1.29 is 9.53 Å². The summed E-state index contributed by atoms with van der Waals surface area (Å²) >= 11 is 0. The zero-order chi connectivity index (χ0) is 16.1. The summed E-state index contributed by atoms with van der Waals surface area (Å²) in [5, 5.41) is 7.32. The molecule has 5 heteroatoms. The van der Waals surface area contributed by atoms with Gasteiger partial charge in [-0.05, 0) is 38.0 Å². The minimum Gasteiger partial charge on any atom is -0.497 e. The van der Waals surface area contributed by atoms with Gasteiger partial charge in [0.2, 0.25) is 5.91 Å². The maximum absolute atomic E-state index is 12.0. The fourth-order valence-corrected chi connectivity index (χ4v) is 2.40. The van der Waals surface area contributed by atoms with Gasteiger partial charge in [-0.3, -0.25) is 9.48 Å². The van der Waals surface area contributed by atoms with Crippen LogP contribution in [0.5, 0.6) is 5.75 Å². The lowest BCUT2D eigenvalue weighted by Gasteiger charge is -2.07. The minimum atomic E-state index is 0.0541. The fraction of sp³-hybridized carbons (Fsp3) is 0.412. The number of carbonyl (C=O) groups excluding carboxylic acids is 1. The van der Waals surface area contributed by atoms with Gasteiger partial charge in [0.1, 0.15) is 5.75 Å². The van der Waals surface area contributed by atoms with Crippen molar-refractivity contribution in [2.45, 2.75) is 33.2 Å². The molecule has 0 radical (unpaired) electrons. The quantitative estimate of drug-likeness (QED) is 0.890. The van der Waals surface area contributed by atoms with E-state index >= 15 is 0 Å². The van der Waals surface area contributed by atoms with Crippen LogP contribution in [0.3, 0.4) is 0 Å². The summed E-state index contributed by atoms with van der Waals surface area (Å²) in [6, 6.07) is 7.80. The SMILES string of the molecule is COc1ccc(CCC(=O)NCc2c(C)nn(C)c2C)cc1. The number of amides is 1. The Bertz CT molecular complexity index is 645. The number of hydrogen-bond donors (Lipinski definition) is 1. The Morgan fingerprint density at radius 3 is 2.50 bits per heavy atom. The van der Waals surface area contributed by atoms with Gasteiger partial charge < -0.3 is 10.1 Å². The number of hydrogen-bond acceptors (Lipinski definition) is 3. The third-order valence-corrected chi connectivity index (χ3v) is 3.92. The highest BCUT2D eigenvalue weighted by Gasteiger charge is 2.10. The summed E-state index contributed by atoms with van der Waals surface area (Å²) < 4.78 is 6.96. The van der Waals surface area contributed by atoms with Crippen molar-refractivity contribution in [3.05, 3.63) is 46.8 Å². The number of benzene rings is 1. The van der Waals surface area contributed by atoms with Gasteiger partial charge in [0.15, 0.2) is 0 Å². The summed E-state index contributed by atoms with van der Waals surface area (Å²) in [5.74, 6) is 0.884. The summed E-state index contributed by atoms with van der Waals surface area (Å²) in [6.45, 7) is 4.51. The number of carbonyl (C=O) groups is 1. The van der Waals surface area contributed by atoms with Gasteiger partial charge in [0, 0.05) is 31.3 Å². The Kier molecular flexibility index (Phi) is 5.20. The number of methoxy groups -OCH3 is 1. The van der Waals surface area contributed by atoms with Crippen molar-refractivity contribution in [3.8, 4) is 5.75 Å². The molecule has 2 rings (SSSR count). The monoisotopic (exact) mass is 301 g/mol. The first-order valence-electron chi connectivity index (χ1n) is 7.40. The van der Waals surface area contributed by atoms with Gasteiger partial charge in [0.05, 0.1) is 12.8 Å². The molecule has 0 atom stereocenters. The minimum absolute atomic E-state index is 0.0541. The Hall–Kier alpha value is -2.30. The van der Waals surface area contributed by atoms with E-state index in [-0.39, 0.29) is 5.91 Å². The van der Waals surface area contributed by atoms with Crippen LogP contribution in [0.25, 0.3) is 0 Å². The van der Waals surface area contributed by atoms with Crippen molar-refractivity contribution in [3.63, 3.8) is 0 Å². The lowest BCUT2D eigenvalue weighted by Crippen LogP contribution is -2.23. The zero-order valence-corrected chi connectivity index (χ0v) is 13.6. The number of nitrogens with one attached hydrogen (secondary N) is 1. The van der Waals surface area contributed by atoms with E-state index in [1.54, 1.807) is 7.11 Å². The third kappa shape index (κ3) is 3.87. The Labute approximate surface area is 131 Å². The Morgan fingerprint density at radius 2 is 1.95 bits per heavy atom. The average Bonchev–Trinajstić information content (AvgIpc) is 2.76. The molecule has 1 N–H and O–H groups in total. The number of nitrogens with zero attached hydrogens (tertiary/aromatic N) is 2. The van der Waals surface area contributed by atoms with Gasteiger partial charge in [-0.2, -0.15) is 5.10 Å². The molecular formula is C17H23N3O2. The van der Waals surface area contributed by atoms with E-state index in [1.807, 2.05) is 49.8 Å².